The lowest BCUT2D eigenvalue weighted by Gasteiger charge is -2.45. The zero-order chi connectivity index (χ0) is 20.5. The highest BCUT2D eigenvalue weighted by Gasteiger charge is 2.47. The van der Waals surface area contributed by atoms with E-state index in [0.29, 0.717) is 5.41 Å². The fourth-order valence-corrected chi connectivity index (χ4v) is 6.06. The molecule has 1 atom stereocenters. The van der Waals surface area contributed by atoms with Gasteiger partial charge >= 0.3 is 0 Å². The van der Waals surface area contributed by atoms with Crippen LogP contribution >= 0.6 is 0 Å². The van der Waals surface area contributed by atoms with Gasteiger partial charge in [0, 0.05) is 51.6 Å². The van der Waals surface area contributed by atoms with E-state index in [1.54, 1.807) is 25.0 Å². The third kappa shape index (κ3) is 4.45. The van der Waals surface area contributed by atoms with Crippen LogP contribution in [0.1, 0.15) is 79.6 Å². The monoisotopic (exact) mass is 389 g/mol. The van der Waals surface area contributed by atoms with Crippen molar-refractivity contribution in [3.8, 4) is 0 Å². The Morgan fingerprint density at radius 1 is 1.14 bits per heavy atom. The van der Waals surface area contributed by atoms with Crippen LogP contribution in [0.15, 0.2) is 11.1 Å². The van der Waals surface area contributed by atoms with E-state index in [4.69, 9.17) is 0 Å². The molecule has 2 saturated heterocycles. The lowest BCUT2D eigenvalue weighted by molar-refractivity contribution is -0.131. The van der Waals surface area contributed by atoms with E-state index >= 15 is 0 Å². The first-order valence-electron chi connectivity index (χ1n) is 11.1. The van der Waals surface area contributed by atoms with Gasteiger partial charge in [-0.25, -0.2) is 0 Å². The summed E-state index contributed by atoms with van der Waals surface area (Å²) in [6.45, 7) is 14.1. The number of allylic oxidation sites excluding steroid dienone is 1. The smallest absolute Gasteiger partial charge is 0.219 e. The molecule has 3 rings (SSSR count). The fourth-order valence-electron chi connectivity index (χ4n) is 6.06. The molecule has 0 aromatic rings. The molecule has 5 nitrogen and oxygen atoms in total. The topological polar surface area (TPSA) is 52.7 Å². The van der Waals surface area contributed by atoms with E-state index in [2.05, 4.69) is 31.0 Å². The van der Waals surface area contributed by atoms with Gasteiger partial charge in [-0.2, -0.15) is 0 Å². The van der Waals surface area contributed by atoms with Crippen LogP contribution in [-0.4, -0.2) is 59.4 Å². The number of hydrogen-bond acceptors (Lipinski definition) is 3. The van der Waals surface area contributed by atoms with E-state index in [1.165, 1.54) is 19.3 Å². The Morgan fingerprint density at radius 3 is 2.39 bits per heavy atom. The Bertz CT molecular complexity index is 644. The molecule has 2 heterocycles. The van der Waals surface area contributed by atoms with Gasteiger partial charge in [-0.15, -0.1) is 0 Å². The van der Waals surface area contributed by atoms with Gasteiger partial charge in [-0.1, -0.05) is 25.0 Å². The molecule has 158 valence electrons. The SMILES string of the molecule is CC(=O)N[C@H]1CN(CCC2=C(C)CCCC2(C)C)C2(CCN(C(C)=O)CC2)C1. The predicted molar refractivity (Wildman–Crippen MR) is 113 cm³/mol. The maximum atomic E-state index is 11.8. The van der Waals surface area contributed by atoms with E-state index in [1.807, 2.05) is 4.90 Å². The number of amides is 2. The summed E-state index contributed by atoms with van der Waals surface area (Å²) in [6.07, 6.45) is 8.01. The van der Waals surface area contributed by atoms with Gasteiger partial charge in [0.15, 0.2) is 0 Å². The first-order chi connectivity index (χ1) is 13.1. The Kier molecular flexibility index (Phi) is 6.23. The third-order valence-electron chi connectivity index (χ3n) is 7.60. The second-order valence-corrected chi connectivity index (χ2v) is 10.0. The number of nitrogens with one attached hydrogen (secondary N) is 1. The van der Waals surface area contributed by atoms with Crippen LogP contribution < -0.4 is 5.32 Å². The molecule has 1 N–H and O–H groups in total. The summed E-state index contributed by atoms with van der Waals surface area (Å²) < 4.78 is 0. The molecule has 3 aliphatic rings. The molecule has 0 radical (unpaired) electrons. The first kappa shape index (κ1) is 21.4. The Balaban J connectivity index is 1.73. The molecule has 2 fully saturated rings. The van der Waals surface area contributed by atoms with Crippen molar-refractivity contribution in [3.63, 3.8) is 0 Å². The van der Waals surface area contributed by atoms with Crippen molar-refractivity contribution < 1.29 is 9.59 Å². The Labute approximate surface area is 170 Å². The van der Waals surface area contributed by atoms with Gasteiger partial charge in [0.1, 0.15) is 0 Å². The van der Waals surface area contributed by atoms with Crippen molar-refractivity contribution in [3.05, 3.63) is 11.1 Å². The standard InChI is InChI=1S/C23H39N3O2/c1-17-7-6-9-22(4,5)21(17)8-12-26-16-20(24-18(2)27)15-23(26)10-13-25(14-11-23)19(3)28/h20H,6-16H2,1-5H3,(H,24,27)/t20-/m1/s1. The summed E-state index contributed by atoms with van der Waals surface area (Å²) in [5.41, 5.74) is 3.68. The average molecular weight is 390 g/mol. The van der Waals surface area contributed by atoms with Crippen molar-refractivity contribution in [2.45, 2.75) is 91.1 Å². The highest BCUT2D eigenvalue weighted by Crippen LogP contribution is 2.44. The molecule has 0 unspecified atom stereocenters. The van der Waals surface area contributed by atoms with E-state index in [9.17, 15) is 9.59 Å². The minimum atomic E-state index is 0.0649. The van der Waals surface area contributed by atoms with Gasteiger partial charge in [0.25, 0.3) is 0 Å². The summed E-state index contributed by atoms with van der Waals surface area (Å²) in [6, 6.07) is 0.232. The van der Waals surface area contributed by atoms with E-state index < -0.39 is 0 Å². The van der Waals surface area contributed by atoms with Crippen LogP contribution in [0, 0.1) is 5.41 Å². The van der Waals surface area contributed by atoms with Crippen LogP contribution in [0.5, 0.6) is 0 Å². The predicted octanol–water partition coefficient (Wildman–Crippen LogP) is 3.49. The number of carbonyl (C=O) groups is 2. The molecule has 0 aromatic carbocycles. The van der Waals surface area contributed by atoms with Crippen LogP contribution in [0.3, 0.4) is 0 Å². The lowest BCUT2D eigenvalue weighted by Crippen LogP contribution is -2.53. The zero-order valence-electron chi connectivity index (χ0n) is 18.6. The second kappa shape index (κ2) is 8.17. The van der Waals surface area contributed by atoms with Crippen LogP contribution in [0.2, 0.25) is 0 Å². The molecular formula is C23H39N3O2. The molecule has 5 heteroatoms. The van der Waals surface area contributed by atoms with Crippen LogP contribution in [-0.2, 0) is 9.59 Å². The zero-order valence-corrected chi connectivity index (χ0v) is 18.6. The van der Waals surface area contributed by atoms with Gasteiger partial charge in [0.05, 0.1) is 0 Å². The van der Waals surface area contributed by atoms with Crippen molar-refractivity contribution in [2.24, 2.45) is 5.41 Å². The Hall–Kier alpha value is -1.36. The molecule has 1 spiro atoms. The normalized spacial score (nSPS) is 27.3. The molecule has 28 heavy (non-hydrogen) atoms. The molecule has 2 aliphatic heterocycles. The molecule has 0 saturated carbocycles. The number of hydrogen-bond donors (Lipinski definition) is 1. The molecule has 0 aromatic heterocycles. The number of rotatable bonds is 4. The molecule has 0 bridgehead atoms. The highest BCUT2D eigenvalue weighted by atomic mass is 16.2. The van der Waals surface area contributed by atoms with E-state index in [0.717, 1.165) is 51.9 Å². The fraction of sp³-hybridized carbons (Fsp3) is 0.826. The summed E-state index contributed by atoms with van der Waals surface area (Å²) in [5, 5.41) is 3.17. The number of piperidine rings is 1. The Morgan fingerprint density at radius 2 is 1.82 bits per heavy atom. The third-order valence-corrected chi connectivity index (χ3v) is 7.60. The second-order valence-electron chi connectivity index (χ2n) is 10.0. The summed E-state index contributed by atoms with van der Waals surface area (Å²) >= 11 is 0. The maximum absolute atomic E-state index is 11.8. The van der Waals surface area contributed by atoms with Crippen molar-refractivity contribution in [1.29, 1.82) is 0 Å². The van der Waals surface area contributed by atoms with Crippen molar-refractivity contribution >= 4 is 11.8 Å². The quantitative estimate of drug-likeness (QED) is 0.749. The minimum Gasteiger partial charge on any atom is -0.352 e. The van der Waals surface area contributed by atoms with E-state index in [-0.39, 0.29) is 23.4 Å². The van der Waals surface area contributed by atoms with Crippen molar-refractivity contribution in [2.75, 3.05) is 26.2 Å². The molecular weight excluding hydrogens is 350 g/mol. The first-order valence-corrected chi connectivity index (χ1v) is 11.1. The minimum absolute atomic E-state index is 0.0649. The average Bonchev–Trinajstić information content (AvgIpc) is 2.90. The highest BCUT2D eigenvalue weighted by molar-refractivity contribution is 5.73. The van der Waals surface area contributed by atoms with Gasteiger partial charge in [0.2, 0.25) is 11.8 Å². The van der Waals surface area contributed by atoms with Crippen molar-refractivity contribution in [1.82, 2.24) is 15.1 Å². The largest absolute Gasteiger partial charge is 0.352 e. The number of likely N-dealkylation sites (tertiary alicyclic amines) is 2. The van der Waals surface area contributed by atoms with Gasteiger partial charge < -0.3 is 10.2 Å². The summed E-state index contributed by atoms with van der Waals surface area (Å²) in [4.78, 5) is 28.1. The van der Waals surface area contributed by atoms with Crippen LogP contribution in [0.25, 0.3) is 0 Å². The summed E-state index contributed by atoms with van der Waals surface area (Å²) in [5.74, 6) is 0.248. The van der Waals surface area contributed by atoms with Crippen LogP contribution in [0.4, 0.5) is 0 Å². The van der Waals surface area contributed by atoms with Gasteiger partial charge in [-0.3, -0.25) is 14.5 Å². The number of nitrogens with zero attached hydrogens (tertiary/aromatic N) is 2. The maximum Gasteiger partial charge on any atom is 0.219 e. The molecule has 2 amide bonds. The molecule has 1 aliphatic carbocycles. The lowest BCUT2D eigenvalue weighted by atomic mass is 9.71. The number of carbonyl (C=O) groups excluding carboxylic acids is 2. The summed E-state index contributed by atoms with van der Waals surface area (Å²) in [7, 11) is 0. The van der Waals surface area contributed by atoms with Gasteiger partial charge in [-0.05, 0) is 57.3 Å².